The van der Waals surface area contributed by atoms with E-state index in [9.17, 15) is 0 Å². The van der Waals surface area contributed by atoms with E-state index < -0.39 is 0 Å². The van der Waals surface area contributed by atoms with Crippen molar-refractivity contribution >= 4 is 0 Å². The van der Waals surface area contributed by atoms with Gasteiger partial charge in [-0.2, -0.15) is 0 Å². The van der Waals surface area contributed by atoms with Gasteiger partial charge >= 0.3 is 0 Å². The molecule has 1 heteroatoms. The summed E-state index contributed by atoms with van der Waals surface area (Å²) < 4.78 is 5.16. The third kappa shape index (κ3) is 3.01. The second-order valence-electron chi connectivity index (χ2n) is 4.25. The van der Waals surface area contributed by atoms with Crippen LogP contribution in [0.2, 0.25) is 0 Å². The van der Waals surface area contributed by atoms with Crippen molar-refractivity contribution in [2.24, 2.45) is 0 Å². The summed E-state index contributed by atoms with van der Waals surface area (Å²) in [6.07, 6.45) is 4.05. The highest BCUT2D eigenvalue weighted by Gasteiger charge is 1.98. The van der Waals surface area contributed by atoms with Crippen LogP contribution in [0, 0.1) is 0 Å². The fourth-order valence-corrected chi connectivity index (χ4v) is 1.92. The molecule has 0 amide bonds. The fraction of sp³-hybridized carbons (Fsp3) is 0.176. The maximum absolute atomic E-state index is 5.16. The van der Waals surface area contributed by atoms with Crippen LogP contribution in [0.25, 0.3) is 11.1 Å². The zero-order chi connectivity index (χ0) is 12.8. The molecule has 0 saturated carbocycles. The van der Waals surface area contributed by atoms with Gasteiger partial charge in [0.2, 0.25) is 0 Å². The number of ether oxygens (including phenoxy) is 1. The molecule has 0 bridgehead atoms. The predicted octanol–water partition coefficient (Wildman–Crippen LogP) is 4.48. The molecule has 0 N–H and O–H groups in total. The average molecular weight is 238 g/mol. The van der Waals surface area contributed by atoms with Crippen LogP contribution in [0.1, 0.15) is 12.0 Å². The van der Waals surface area contributed by atoms with Gasteiger partial charge in [0.15, 0.2) is 0 Å². The van der Waals surface area contributed by atoms with Crippen molar-refractivity contribution in [3.8, 4) is 16.9 Å². The fourth-order valence-electron chi connectivity index (χ4n) is 1.92. The van der Waals surface area contributed by atoms with Gasteiger partial charge in [0.25, 0.3) is 0 Å². The minimum Gasteiger partial charge on any atom is -0.497 e. The van der Waals surface area contributed by atoms with E-state index in [0.717, 1.165) is 18.6 Å². The van der Waals surface area contributed by atoms with E-state index >= 15 is 0 Å². The lowest BCUT2D eigenvalue weighted by molar-refractivity contribution is 0.415. The van der Waals surface area contributed by atoms with Gasteiger partial charge in [-0.3, -0.25) is 0 Å². The summed E-state index contributed by atoms with van der Waals surface area (Å²) >= 11 is 0. The number of aryl methyl sites for hydroxylation is 1. The second-order valence-corrected chi connectivity index (χ2v) is 4.25. The maximum atomic E-state index is 5.16. The average Bonchev–Trinajstić information content (AvgIpc) is 2.46. The Morgan fingerprint density at radius 2 is 1.50 bits per heavy atom. The zero-order valence-electron chi connectivity index (χ0n) is 10.7. The zero-order valence-corrected chi connectivity index (χ0v) is 10.7. The van der Waals surface area contributed by atoms with Crippen LogP contribution in [0.5, 0.6) is 5.75 Å². The molecule has 0 fully saturated rings. The molecule has 0 aliphatic rings. The summed E-state index contributed by atoms with van der Waals surface area (Å²) in [7, 11) is 1.68. The molecule has 92 valence electrons. The van der Waals surface area contributed by atoms with Crippen molar-refractivity contribution in [2.45, 2.75) is 12.8 Å². The Labute approximate surface area is 109 Å². The van der Waals surface area contributed by atoms with Gasteiger partial charge in [0, 0.05) is 0 Å². The normalized spacial score (nSPS) is 10.1. The number of benzene rings is 2. The molecule has 0 aromatic heterocycles. The van der Waals surface area contributed by atoms with Gasteiger partial charge in [-0.25, -0.2) is 0 Å². The SMILES string of the molecule is C=CCCc1ccc(-c2ccc(OC)cc2)cc1. The molecule has 2 aromatic carbocycles. The molecule has 0 atom stereocenters. The number of hydrogen-bond donors (Lipinski definition) is 0. The van der Waals surface area contributed by atoms with E-state index in [0.29, 0.717) is 0 Å². The highest BCUT2D eigenvalue weighted by atomic mass is 16.5. The van der Waals surface area contributed by atoms with Crippen LogP contribution in [0.3, 0.4) is 0 Å². The summed E-state index contributed by atoms with van der Waals surface area (Å²) in [5.74, 6) is 0.890. The van der Waals surface area contributed by atoms with Crippen LogP contribution in [0.15, 0.2) is 61.2 Å². The summed E-state index contributed by atoms with van der Waals surface area (Å²) in [4.78, 5) is 0. The summed E-state index contributed by atoms with van der Waals surface area (Å²) in [6.45, 7) is 3.75. The number of rotatable bonds is 5. The Kier molecular flexibility index (Phi) is 4.19. The van der Waals surface area contributed by atoms with Crippen LogP contribution in [-0.4, -0.2) is 7.11 Å². The first-order valence-electron chi connectivity index (χ1n) is 6.18. The standard InChI is InChI=1S/C17H18O/c1-3-4-5-14-6-8-15(9-7-14)16-10-12-17(18-2)13-11-16/h3,6-13H,1,4-5H2,2H3. The third-order valence-electron chi connectivity index (χ3n) is 3.01. The largest absolute Gasteiger partial charge is 0.497 e. The Morgan fingerprint density at radius 3 is 2.00 bits per heavy atom. The smallest absolute Gasteiger partial charge is 0.118 e. The van der Waals surface area contributed by atoms with E-state index in [1.54, 1.807) is 7.11 Å². The van der Waals surface area contributed by atoms with E-state index in [2.05, 4.69) is 43.0 Å². The lowest BCUT2D eigenvalue weighted by atomic mass is 10.0. The van der Waals surface area contributed by atoms with Crippen molar-refractivity contribution in [1.82, 2.24) is 0 Å². The second kappa shape index (κ2) is 6.06. The molecule has 2 aromatic rings. The van der Waals surface area contributed by atoms with E-state index in [1.807, 2.05) is 18.2 Å². The first-order chi connectivity index (χ1) is 8.83. The van der Waals surface area contributed by atoms with Crippen LogP contribution in [-0.2, 0) is 6.42 Å². The van der Waals surface area contributed by atoms with Crippen LogP contribution >= 0.6 is 0 Å². The summed E-state index contributed by atoms with van der Waals surface area (Å²) in [5, 5.41) is 0. The van der Waals surface area contributed by atoms with Crippen molar-refractivity contribution < 1.29 is 4.74 Å². The monoisotopic (exact) mass is 238 g/mol. The van der Waals surface area contributed by atoms with E-state index in [4.69, 9.17) is 4.74 Å². The first-order valence-corrected chi connectivity index (χ1v) is 6.18. The third-order valence-corrected chi connectivity index (χ3v) is 3.01. The molecule has 0 radical (unpaired) electrons. The number of allylic oxidation sites excluding steroid dienone is 1. The molecule has 0 unspecified atom stereocenters. The van der Waals surface area contributed by atoms with E-state index in [-0.39, 0.29) is 0 Å². The van der Waals surface area contributed by atoms with Crippen molar-refractivity contribution in [2.75, 3.05) is 7.11 Å². The van der Waals surface area contributed by atoms with Gasteiger partial charge < -0.3 is 4.74 Å². The van der Waals surface area contributed by atoms with Gasteiger partial charge in [0.05, 0.1) is 7.11 Å². The molecule has 2 rings (SSSR count). The van der Waals surface area contributed by atoms with Gasteiger partial charge in [0.1, 0.15) is 5.75 Å². The first kappa shape index (κ1) is 12.4. The Bertz CT molecular complexity index is 494. The maximum Gasteiger partial charge on any atom is 0.118 e. The molecule has 0 aliphatic carbocycles. The lowest BCUT2D eigenvalue weighted by Gasteiger charge is -2.05. The molecular formula is C17H18O. The van der Waals surface area contributed by atoms with Gasteiger partial charge in [-0.15, -0.1) is 6.58 Å². The summed E-state index contributed by atoms with van der Waals surface area (Å²) in [5.41, 5.74) is 3.80. The molecule has 18 heavy (non-hydrogen) atoms. The Hall–Kier alpha value is -2.02. The Morgan fingerprint density at radius 1 is 0.944 bits per heavy atom. The molecule has 0 heterocycles. The Balaban J connectivity index is 2.14. The predicted molar refractivity (Wildman–Crippen MR) is 76.9 cm³/mol. The van der Waals surface area contributed by atoms with Gasteiger partial charge in [-0.05, 0) is 41.7 Å². The molecule has 1 nitrogen and oxygen atoms in total. The highest BCUT2D eigenvalue weighted by molar-refractivity contribution is 5.64. The minimum atomic E-state index is 0.890. The van der Waals surface area contributed by atoms with Crippen molar-refractivity contribution in [1.29, 1.82) is 0 Å². The minimum absolute atomic E-state index is 0.890. The topological polar surface area (TPSA) is 9.23 Å². The molecular weight excluding hydrogens is 220 g/mol. The molecule has 0 aliphatic heterocycles. The lowest BCUT2D eigenvalue weighted by Crippen LogP contribution is -1.85. The molecule has 0 spiro atoms. The summed E-state index contributed by atoms with van der Waals surface area (Å²) in [6, 6.07) is 16.8. The van der Waals surface area contributed by atoms with Crippen molar-refractivity contribution in [3.63, 3.8) is 0 Å². The van der Waals surface area contributed by atoms with Crippen LogP contribution in [0.4, 0.5) is 0 Å². The van der Waals surface area contributed by atoms with E-state index in [1.165, 1.54) is 16.7 Å². The number of hydrogen-bond acceptors (Lipinski definition) is 1. The van der Waals surface area contributed by atoms with Gasteiger partial charge in [-0.1, -0.05) is 42.5 Å². The van der Waals surface area contributed by atoms with Crippen LogP contribution < -0.4 is 4.74 Å². The number of methoxy groups -OCH3 is 1. The highest BCUT2D eigenvalue weighted by Crippen LogP contribution is 2.22. The quantitative estimate of drug-likeness (QED) is 0.698. The molecule has 0 saturated heterocycles. The van der Waals surface area contributed by atoms with Crippen molar-refractivity contribution in [3.05, 3.63) is 66.7 Å².